The third-order valence-electron chi connectivity index (χ3n) is 2.32. The van der Waals surface area contributed by atoms with Gasteiger partial charge in [-0.15, -0.1) is 0 Å². The predicted molar refractivity (Wildman–Crippen MR) is 61.8 cm³/mol. The Morgan fingerprint density at radius 3 is 1.93 bits per heavy atom. The van der Waals surface area contributed by atoms with Gasteiger partial charge in [0, 0.05) is 11.3 Å². The van der Waals surface area contributed by atoms with Crippen LogP contribution in [0.4, 0.5) is 0 Å². The Morgan fingerprint density at radius 1 is 1.13 bits per heavy atom. The van der Waals surface area contributed by atoms with Crippen LogP contribution in [0, 0.1) is 11.3 Å². The van der Waals surface area contributed by atoms with Crippen LogP contribution in [0.25, 0.3) is 0 Å². The van der Waals surface area contributed by atoms with Crippen LogP contribution < -0.4 is 0 Å². The molecule has 0 aromatic heterocycles. The molecule has 15 heavy (non-hydrogen) atoms. The van der Waals surface area contributed by atoms with Gasteiger partial charge in [-0.1, -0.05) is 34.6 Å². The summed E-state index contributed by atoms with van der Waals surface area (Å²) in [4.78, 5) is 24.9. The fourth-order valence-corrected chi connectivity index (χ4v) is 0.987. The zero-order valence-corrected chi connectivity index (χ0v) is 10.8. The van der Waals surface area contributed by atoms with Gasteiger partial charge < -0.3 is 0 Å². The van der Waals surface area contributed by atoms with Crippen molar-refractivity contribution in [1.29, 1.82) is 0 Å². The van der Waals surface area contributed by atoms with Crippen molar-refractivity contribution in [1.82, 2.24) is 4.90 Å². The first-order valence-electron chi connectivity index (χ1n) is 5.39. The van der Waals surface area contributed by atoms with Gasteiger partial charge in [0.1, 0.15) is 5.78 Å². The van der Waals surface area contributed by atoms with Gasteiger partial charge in [-0.3, -0.25) is 14.5 Å². The maximum Gasteiger partial charge on any atom is 0.152 e. The fraction of sp³-hybridized carbons (Fsp3) is 0.833. The predicted octanol–water partition coefficient (Wildman–Crippen LogP) is 1.76. The molecule has 0 aliphatic carbocycles. The summed E-state index contributed by atoms with van der Waals surface area (Å²) in [6.07, 6.45) is 0. The summed E-state index contributed by atoms with van der Waals surface area (Å²) in [5.74, 6) is 0.387. The van der Waals surface area contributed by atoms with Crippen LogP contribution in [0.1, 0.15) is 34.6 Å². The first-order chi connectivity index (χ1) is 6.64. The van der Waals surface area contributed by atoms with Crippen molar-refractivity contribution in [2.24, 2.45) is 11.3 Å². The lowest BCUT2D eigenvalue weighted by atomic mass is 9.90. The number of rotatable bonds is 5. The Morgan fingerprint density at radius 2 is 1.60 bits per heavy atom. The highest BCUT2D eigenvalue weighted by Gasteiger charge is 2.23. The molecule has 0 aliphatic rings. The summed E-state index contributed by atoms with van der Waals surface area (Å²) >= 11 is 0. The maximum atomic E-state index is 11.7. The minimum atomic E-state index is -0.324. The van der Waals surface area contributed by atoms with E-state index >= 15 is 0 Å². The zero-order chi connectivity index (χ0) is 12.2. The second-order valence-electron chi connectivity index (χ2n) is 5.47. The molecule has 0 N–H and O–H groups in total. The van der Waals surface area contributed by atoms with Gasteiger partial charge in [0.05, 0.1) is 13.1 Å². The third-order valence-corrected chi connectivity index (χ3v) is 2.32. The van der Waals surface area contributed by atoms with Crippen molar-refractivity contribution in [3.63, 3.8) is 0 Å². The average Bonchev–Trinajstić information content (AvgIpc) is 2.01. The van der Waals surface area contributed by atoms with Crippen LogP contribution in [-0.2, 0) is 9.59 Å². The fourth-order valence-electron chi connectivity index (χ4n) is 0.987. The Bertz CT molecular complexity index is 238. The van der Waals surface area contributed by atoms with E-state index in [2.05, 4.69) is 0 Å². The number of carbonyl (C=O) groups excluding carboxylic acids is 2. The molecule has 0 saturated heterocycles. The normalized spacial score (nSPS) is 12.3. The third kappa shape index (κ3) is 5.67. The summed E-state index contributed by atoms with van der Waals surface area (Å²) in [5, 5.41) is 0. The topological polar surface area (TPSA) is 37.4 Å². The molecule has 0 rings (SSSR count). The van der Waals surface area contributed by atoms with E-state index in [4.69, 9.17) is 0 Å². The Hall–Kier alpha value is -0.700. The van der Waals surface area contributed by atoms with E-state index < -0.39 is 0 Å². The Kier molecular flexibility index (Phi) is 5.15. The van der Waals surface area contributed by atoms with Crippen molar-refractivity contribution in [2.45, 2.75) is 34.6 Å². The van der Waals surface area contributed by atoms with Crippen LogP contribution in [0.2, 0.25) is 0 Å². The monoisotopic (exact) mass is 213 g/mol. The molecule has 0 spiro atoms. The molecule has 0 aromatic rings. The number of likely N-dealkylation sites (N-methyl/N-ethyl adjacent to an activating group) is 1. The van der Waals surface area contributed by atoms with Gasteiger partial charge in [-0.2, -0.15) is 0 Å². The molecule has 0 bridgehead atoms. The lowest BCUT2D eigenvalue weighted by molar-refractivity contribution is -0.128. The lowest BCUT2D eigenvalue weighted by Gasteiger charge is -2.22. The van der Waals surface area contributed by atoms with Gasteiger partial charge in [0.2, 0.25) is 0 Å². The number of hydrogen-bond acceptors (Lipinski definition) is 3. The quantitative estimate of drug-likeness (QED) is 0.698. The zero-order valence-electron chi connectivity index (χ0n) is 10.8. The van der Waals surface area contributed by atoms with Gasteiger partial charge in [0.15, 0.2) is 5.78 Å². The number of Topliss-reactive ketones (excluding diaryl/α,β-unsaturated/α-hetero) is 2. The molecule has 0 unspecified atom stereocenters. The van der Waals surface area contributed by atoms with Crippen molar-refractivity contribution >= 4 is 11.6 Å². The van der Waals surface area contributed by atoms with Crippen molar-refractivity contribution in [2.75, 3.05) is 20.1 Å². The van der Waals surface area contributed by atoms with Crippen LogP contribution in [-0.4, -0.2) is 36.6 Å². The van der Waals surface area contributed by atoms with Crippen molar-refractivity contribution in [3.05, 3.63) is 0 Å². The van der Waals surface area contributed by atoms with Crippen LogP contribution in [0.5, 0.6) is 0 Å². The van der Waals surface area contributed by atoms with E-state index in [1.807, 2.05) is 41.7 Å². The molecule has 0 aliphatic heterocycles. The smallest absolute Gasteiger partial charge is 0.152 e. The second kappa shape index (κ2) is 5.40. The molecule has 0 saturated carbocycles. The van der Waals surface area contributed by atoms with E-state index in [0.717, 1.165) is 0 Å². The minimum absolute atomic E-state index is 0.0391. The largest absolute Gasteiger partial charge is 0.298 e. The number of carbonyl (C=O) groups is 2. The minimum Gasteiger partial charge on any atom is -0.298 e. The molecule has 0 radical (unpaired) electrons. The Balaban J connectivity index is 4.11. The number of ketones is 2. The molecule has 0 atom stereocenters. The molecule has 0 fully saturated rings. The second-order valence-corrected chi connectivity index (χ2v) is 5.47. The maximum absolute atomic E-state index is 11.7. The summed E-state index contributed by atoms with van der Waals surface area (Å²) in [7, 11) is 1.81. The molecule has 0 amide bonds. The lowest BCUT2D eigenvalue weighted by Crippen LogP contribution is -2.37. The number of hydrogen-bond donors (Lipinski definition) is 0. The molecule has 3 heteroatoms. The summed E-state index contributed by atoms with van der Waals surface area (Å²) in [6, 6.07) is 0. The van der Waals surface area contributed by atoms with E-state index in [1.165, 1.54) is 0 Å². The van der Waals surface area contributed by atoms with E-state index in [0.29, 0.717) is 13.1 Å². The molecule has 0 heterocycles. The van der Waals surface area contributed by atoms with E-state index in [9.17, 15) is 9.59 Å². The summed E-state index contributed by atoms with van der Waals surface area (Å²) in [6.45, 7) is 10.2. The Labute approximate surface area is 92.8 Å². The van der Waals surface area contributed by atoms with E-state index in [-0.39, 0.29) is 22.9 Å². The van der Waals surface area contributed by atoms with Gasteiger partial charge in [-0.05, 0) is 7.05 Å². The molecule has 0 aromatic carbocycles. The van der Waals surface area contributed by atoms with Crippen LogP contribution in [0.3, 0.4) is 0 Å². The van der Waals surface area contributed by atoms with Crippen molar-refractivity contribution < 1.29 is 9.59 Å². The first kappa shape index (κ1) is 14.3. The highest BCUT2D eigenvalue weighted by atomic mass is 16.1. The molecular weight excluding hydrogens is 190 g/mol. The SMILES string of the molecule is CC(C)C(=O)CN(C)CC(=O)C(C)(C)C. The highest BCUT2D eigenvalue weighted by molar-refractivity contribution is 5.87. The van der Waals surface area contributed by atoms with Crippen LogP contribution in [0.15, 0.2) is 0 Å². The summed E-state index contributed by atoms with van der Waals surface area (Å²) in [5.41, 5.74) is -0.324. The first-order valence-corrected chi connectivity index (χ1v) is 5.39. The molecule has 88 valence electrons. The standard InChI is InChI=1S/C12H23NO2/c1-9(2)10(14)7-13(6)8-11(15)12(3,4)5/h9H,7-8H2,1-6H3. The van der Waals surface area contributed by atoms with Gasteiger partial charge in [-0.25, -0.2) is 0 Å². The number of nitrogens with zero attached hydrogens (tertiary/aromatic N) is 1. The van der Waals surface area contributed by atoms with Crippen LogP contribution >= 0.6 is 0 Å². The molecule has 3 nitrogen and oxygen atoms in total. The highest BCUT2D eigenvalue weighted by Crippen LogP contribution is 2.14. The average molecular weight is 213 g/mol. The van der Waals surface area contributed by atoms with Gasteiger partial charge >= 0.3 is 0 Å². The van der Waals surface area contributed by atoms with E-state index in [1.54, 1.807) is 4.90 Å². The summed E-state index contributed by atoms with van der Waals surface area (Å²) < 4.78 is 0. The van der Waals surface area contributed by atoms with Crippen molar-refractivity contribution in [3.8, 4) is 0 Å². The molecular formula is C12H23NO2. The van der Waals surface area contributed by atoms with Gasteiger partial charge in [0.25, 0.3) is 0 Å².